The zero-order valence-electron chi connectivity index (χ0n) is 14.4. The van der Waals surface area contributed by atoms with Gasteiger partial charge >= 0.3 is 6.18 Å². The minimum absolute atomic E-state index is 0.127. The highest BCUT2D eigenvalue weighted by molar-refractivity contribution is 5.83. The van der Waals surface area contributed by atoms with E-state index in [1.807, 2.05) is 48.5 Å². The summed E-state index contributed by atoms with van der Waals surface area (Å²) in [4.78, 5) is 0. The second-order valence-electron chi connectivity index (χ2n) is 6.57. The normalized spacial score (nSPS) is 12.9. The van der Waals surface area contributed by atoms with Gasteiger partial charge in [0.25, 0.3) is 0 Å². The van der Waals surface area contributed by atoms with Crippen LogP contribution in [0.2, 0.25) is 0 Å². The summed E-state index contributed by atoms with van der Waals surface area (Å²) >= 11 is 0. The molecule has 1 atom stereocenters. The van der Waals surface area contributed by atoms with Crippen molar-refractivity contribution in [1.82, 2.24) is 0 Å². The fourth-order valence-electron chi connectivity index (χ4n) is 3.47. The van der Waals surface area contributed by atoms with E-state index in [0.29, 0.717) is 0 Å². The smallest absolute Gasteiger partial charge is 0.166 e. The second kappa shape index (κ2) is 6.92. The van der Waals surface area contributed by atoms with Crippen molar-refractivity contribution in [3.8, 4) is 0 Å². The first-order valence-corrected chi connectivity index (χ1v) is 8.73. The summed E-state index contributed by atoms with van der Waals surface area (Å²) in [7, 11) is 0. The van der Waals surface area contributed by atoms with Crippen molar-refractivity contribution < 1.29 is 13.2 Å². The Bertz CT molecular complexity index is 1050. The number of benzene rings is 4. The van der Waals surface area contributed by atoms with Crippen LogP contribution in [-0.2, 0) is 6.18 Å². The number of alkyl halides is 3. The fraction of sp³-hybridized carbons (Fsp3) is 0.0833. The van der Waals surface area contributed by atoms with Gasteiger partial charge in [-0.05, 0) is 39.6 Å². The maximum Gasteiger partial charge on any atom is 0.416 e. The quantitative estimate of drug-likeness (QED) is 0.343. The number of fused-ring (bicyclic) bond motifs is 1. The molecule has 134 valence electrons. The molecule has 0 saturated heterocycles. The van der Waals surface area contributed by atoms with E-state index in [9.17, 15) is 13.2 Å². The van der Waals surface area contributed by atoms with Gasteiger partial charge in [-0.2, -0.15) is 13.2 Å². The number of hydrogen-bond donors (Lipinski definition) is 0. The third-order valence-electron chi connectivity index (χ3n) is 4.81. The molecule has 0 amide bonds. The summed E-state index contributed by atoms with van der Waals surface area (Å²) in [5.41, 5.74) is 2.31. The molecule has 0 aliphatic carbocycles. The first-order valence-electron chi connectivity index (χ1n) is 8.73. The fourth-order valence-corrected chi connectivity index (χ4v) is 3.47. The van der Waals surface area contributed by atoms with E-state index in [0.717, 1.165) is 39.6 Å². The maximum absolute atomic E-state index is 12.9. The van der Waals surface area contributed by atoms with Crippen molar-refractivity contribution in [2.75, 3.05) is 0 Å². The van der Waals surface area contributed by atoms with Crippen LogP contribution in [0.5, 0.6) is 0 Å². The Kier molecular flexibility index (Phi) is 4.44. The predicted octanol–water partition coefficient (Wildman–Crippen LogP) is 7.04. The SMILES string of the molecule is FC(F)(F)c1ccc([C@H](c2ccccc2)c2ccc3ccccc3c2)cc1. The summed E-state index contributed by atoms with van der Waals surface area (Å²) in [5, 5.41) is 2.25. The first-order chi connectivity index (χ1) is 13.0. The highest BCUT2D eigenvalue weighted by atomic mass is 19.4. The summed E-state index contributed by atoms with van der Waals surface area (Å²) < 4.78 is 38.8. The van der Waals surface area contributed by atoms with Crippen LogP contribution in [-0.4, -0.2) is 0 Å². The summed E-state index contributed by atoms with van der Waals surface area (Å²) in [6.45, 7) is 0. The molecular formula is C24H17F3. The van der Waals surface area contributed by atoms with E-state index in [1.165, 1.54) is 0 Å². The summed E-state index contributed by atoms with van der Waals surface area (Å²) in [6.07, 6.45) is -4.33. The average molecular weight is 362 g/mol. The van der Waals surface area contributed by atoms with Crippen molar-refractivity contribution in [3.05, 3.63) is 119 Å². The average Bonchev–Trinajstić information content (AvgIpc) is 2.69. The van der Waals surface area contributed by atoms with E-state index in [-0.39, 0.29) is 5.92 Å². The Hall–Kier alpha value is -3.07. The Morgan fingerprint density at radius 1 is 0.519 bits per heavy atom. The summed E-state index contributed by atoms with van der Waals surface area (Å²) in [5.74, 6) is -0.127. The van der Waals surface area contributed by atoms with Gasteiger partial charge in [-0.1, -0.05) is 84.9 Å². The van der Waals surface area contributed by atoms with Crippen LogP contribution in [0.3, 0.4) is 0 Å². The molecule has 0 aliphatic rings. The molecule has 0 aliphatic heterocycles. The van der Waals surface area contributed by atoms with Crippen molar-refractivity contribution in [2.24, 2.45) is 0 Å². The number of halogens is 3. The van der Waals surface area contributed by atoms with Gasteiger partial charge < -0.3 is 0 Å². The van der Waals surface area contributed by atoms with Gasteiger partial charge in [0, 0.05) is 5.92 Å². The second-order valence-corrected chi connectivity index (χ2v) is 6.57. The van der Waals surface area contributed by atoms with Crippen LogP contribution in [0.1, 0.15) is 28.2 Å². The van der Waals surface area contributed by atoms with Crippen LogP contribution >= 0.6 is 0 Å². The van der Waals surface area contributed by atoms with Crippen LogP contribution < -0.4 is 0 Å². The lowest BCUT2D eigenvalue weighted by Gasteiger charge is -2.20. The zero-order valence-corrected chi connectivity index (χ0v) is 14.4. The molecule has 27 heavy (non-hydrogen) atoms. The Morgan fingerprint density at radius 3 is 1.74 bits per heavy atom. The molecule has 0 fully saturated rings. The highest BCUT2D eigenvalue weighted by Crippen LogP contribution is 2.35. The van der Waals surface area contributed by atoms with Gasteiger partial charge in [-0.25, -0.2) is 0 Å². The lowest BCUT2D eigenvalue weighted by atomic mass is 9.84. The maximum atomic E-state index is 12.9. The molecule has 0 bridgehead atoms. The van der Waals surface area contributed by atoms with E-state index in [4.69, 9.17) is 0 Å². The van der Waals surface area contributed by atoms with Crippen LogP contribution in [0.25, 0.3) is 10.8 Å². The van der Waals surface area contributed by atoms with Gasteiger partial charge in [0.05, 0.1) is 5.56 Å². The third kappa shape index (κ3) is 3.59. The van der Waals surface area contributed by atoms with Gasteiger partial charge in [-0.3, -0.25) is 0 Å². The van der Waals surface area contributed by atoms with E-state index in [1.54, 1.807) is 12.1 Å². The van der Waals surface area contributed by atoms with Crippen LogP contribution in [0.15, 0.2) is 97.1 Å². The lowest BCUT2D eigenvalue weighted by Crippen LogP contribution is -2.07. The molecule has 4 aromatic rings. The first kappa shape index (κ1) is 17.3. The minimum Gasteiger partial charge on any atom is -0.166 e. The molecule has 0 heterocycles. The van der Waals surface area contributed by atoms with Gasteiger partial charge in [0.1, 0.15) is 0 Å². The van der Waals surface area contributed by atoms with Gasteiger partial charge in [-0.15, -0.1) is 0 Å². The monoisotopic (exact) mass is 362 g/mol. The van der Waals surface area contributed by atoms with Gasteiger partial charge in [0.15, 0.2) is 0 Å². The molecule has 0 radical (unpaired) electrons. The topological polar surface area (TPSA) is 0 Å². The number of rotatable bonds is 3. The van der Waals surface area contributed by atoms with E-state index >= 15 is 0 Å². The molecule has 0 aromatic heterocycles. The van der Waals surface area contributed by atoms with Crippen LogP contribution in [0.4, 0.5) is 13.2 Å². The molecule has 0 N–H and O–H groups in total. The minimum atomic E-state index is -4.33. The molecule has 0 spiro atoms. The summed E-state index contributed by atoms with van der Waals surface area (Å²) in [6, 6.07) is 29.7. The zero-order chi connectivity index (χ0) is 18.9. The number of hydrogen-bond acceptors (Lipinski definition) is 0. The van der Waals surface area contributed by atoms with E-state index < -0.39 is 11.7 Å². The van der Waals surface area contributed by atoms with Crippen LogP contribution in [0, 0.1) is 0 Å². The van der Waals surface area contributed by atoms with Crippen molar-refractivity contribution >= 4 is 10.8 Å². The van der Waals surface area contributed by atoms with Crippen molar-refractivity contribution in [3.63, 3.8) is 0 Å². The molecule has 0 saturated carbocycles. The standard InChI is InChI=1S/C24H17F3/c25-24(26,27)22-14-12-19(13-15-22)23(18-7-2-1-3-8-18)21-11-10-17-6-4-5-9-20(17)16-21/h1-16,23H/t23-/m0/s1. The largest absolute Gasteiger partial charge is 0.416 e. The Labute approximate surface area is 155 Å². The molecule has 4 aromatic carbocycles. The third-order valence-corrected chi connectivity index (χ3v) is 4.81. The predicted molar refractivity (Wildman–Crippen MR) is 103 cm³/mol. The molecule has 4 rings (SSSR count). The van der Waals surface area contributed by atoms with Crippen molar-refractivity contribution in [2.45, 2.75) is 12.1 Å². The van der Waals surface area contributed by atoms with Crippen molar-refractivity contribution in [1.29, 1.82) is 0 Å². The van der Waals surface area contributed by atoms with E-state index in [2.05, 4.69) is 24.3 Å². The Morgan fingerprint density at radius 2 is 1.07 bits per heavy atom. The molecular weight excluding hydrogens is 345 g/mol. The highest BCUT2D eigenvalue weighted by Gasteiger charge is 2.30. The molecule has 3 heteroatoms. The van der Waals surface area contributed by atoms with Gasteiger partial charge in [0.2, 0.25) is 0 Å². The Balaban J connectivity index is 1.84. The lowest BCUT2D eigenvalue weighted by molar-refractivity contribution is -0.137. The molecule has 0 nitrogen and oxygen atoms in total. The molecule has 0 unspecified atom stereocenters.